The highest BCUT2D eigenvalue weighted by Crippen LogP contribution is 2.28. The van der Waals surface area contributed by atoms with Gasteiger partial charge in [0.1, 0.15) is 0 Å². The molecule has 0 fully saturated rings. The normalized spacial score (nSPS) is 10.3. The smallest absolute Gasteiger partial charge is 0.397 e. The van der Waals surface area contributed by atoms with Crippen LogP contribution in [0.3, 0.4) is 0 Å². The molecule has 0 saturated heterocycles. The van der Waals surface area contributed by atoms with Crippen molar-refractivity contribution < 1.29 is 14.1 Å². The number of methoxy groups -OCH3 is 1. The molecule has 1 aromatic heterocycles. The van der Waals surface area contributed by atoms with Crippen LogP contribution in [0.25, 0.3) is 11.4 Å². The molecule has 0 amide bonds. The van der Waals surface area contributed by atoms with E-state index in [1.165, 1.54) is 7.11 Å². The van der Waals surface area contributed by atoms with Gasteiger partial charge in [0.25, 0.3) is 0 Å². The lowest BCUT2D eigenvalue weighted by molar-refractivity contribution is 0.0545. The molecule has 0 N–H and O–H groups in total. The van der Waals surface area contributed by atoms with E-state index in [0.717, 1.165) is 0 Å². The molecule has 88 valence electrons. The van der Waals surface area contributed by atoms with Crippen LogP contribution >= 0.6 is 23.2 Å². The van der Waals surface area contributed by atoms with E-state index in [4.69, 9.17) is 27.7 Å². The third kappa shape index (κ3) is 2.40. The van der Waals surface area contributed by atoms with Gasteiger partial charge < -0.3 is 9.26 Å². The van der Waals surface area contributed by atoms with E-state index in [9.17, 15) is 4.79 Å². The van der Waals surface area contributed by atoms with Crippen LogP contribution in [-0.4, -0.2) is 23.2 Å². The number of rotatable bonds is 2. The first-order valence-electron chi connectivity index (χ1n) is 4.49. The summed E-state index contributed by atoms with van der Waals surface area (Å²) in [5.41, 5.74) is 0.484. The van der Waals surface area contributed by atoms with E-state index in [-0.39, 0.29) is 11.7 Å². The number of esters is 1. The molecule has 0 bridgehead atoms. The summed E-state index contributed by atoms with van der Waals surface area (Å²) in [6.07, 6.45) is 0. The molecule has 0 aliphatic rings. The minimum absolute atomic E-state index is 0.179. The highest BCUT2D eigenvalue weighted by Gasteiger charge is 2.17. The van der Waals surface area contributed by atoms with Gasteiger partial charge in [0.15, 0.2) is 0 Å². The van der Waals surface area contributed by atoms with E-state index in [2.05, 4.69) is 14.9 Å². The van der Waals surface area contributed by atoms with Crippen LogP contribution < -0.4 is 0 Å². The van der Waals surface area contributed by atoms with E-state index in [1.54, 1.807) is 18.2 Å². The van der Waals surface area contributed by atoms with Crippen molar-refractivity contribution in [2.45, 2.75) is 0 Å². The van der Waals surface area contributed by atoms with Crippen LogP contribution in [-0.2, 0) is 4.74 Å². The van der Waals surface area contributed by atoms with Gasteiger partial charge in [-0.15, -0.1) is 0 Å². The molecule has 0 aliphatic heterocycles. The fourth-order valence-corrected chi connectivity index (χ4v) is 1.55. The van der Waals surface area contributed by atoms with Crippen molar-refractivity contribution in [3.63, 3.8) is 0 Å². The van der Waals surface area contributed by atoms with Crippen molar-refractivity contribution in [3.8, 4) is 11.4 Å². The number of hydrogen-bond acceptors (Lipinski definition) is 5. The molecule has 2 rings (SSSR count). The number of carbonyl (C=O) groups excluding carboxylic acids is 1. The minimum atomic E-state index is -0.707. The second-order valence-electron chi connectivity index (χ2n) is 3.04. The predicted octanol–water partition coefficient (Wildman–Crippen LogP) is 2.83. The summed E-state index contributed by atoms with van der Waals surface area (Å²) in [6.45, 7) is 0. The minimum Gasteiger partial charge on any atom is -0.462 e. The number of benzene rings is 1. The third-order valence-corrected chi connectivity index (χ3v) is 2.52. The number of ether oxygens (including phenoxy) is 1. The standard InChI is InChI=1S/C10H6Cl2N2O3/c1-16-10(15)9-13-8(14-17-9)6-4-5(11)2-3-7(6)12/h2-4H,1H3. The van der Waals surface area contributed by atoms with Gasteiger partial charge in [0.05, 0.1) is 12.1 Å². The lowest BCUT2D eigenvalue weighted by Gasteiger charge is -1.98. The molecule has 0 saturated carbocycles. The maximum absolute atomic E-state index is 11.1. The SMILES string of the molecule is COC(=O)c1nc(-c2cc(Cl)ccc2Cl)no1. The van der Waals surface area contributed by atoms with Gasteiger partial charge in [0.2, 0.25) is 5.82 Å². The first-order chi connectivity index (χ1) is 8.11. The van der Waals surface area contributed by atoms with Crippen LogP contribution in [0.15, 0.2) is 22.7 Å². The Balaban J connectivity index is 2.43. The van der Waals surface area contributed by atoms with Crippen LogP contribution in [0.1, 0.15) is 10.7 Å². The van der Waals surface area contributed by atoms with Crippen molar-refractivity contribution in [3.05, 3.63) is 34.1 Å². The Hall–Kier alpha value is -1.59. The molecule has 0 atom stereocenters. The molecule has 0 spiro atoms. The first-order valence-corrected chi connectivity index (χ1v) is 5.25. The zero-order chi connectivity index (χ0) is 12.4. The highest BCUT2D eigenvalue weighted by molar-refractivity contribution is 6.35. The molecule has 0 aliphatic carbocycles. The summed E-state index contributed by atoms with van der Waals surface area (Å²) >= 11 is 11.8. The van der Waals surface area contributed by atoms with E-state index >= 15 is 0 Å². The third-order valence-electron chi connectivity index (χ3n) is 1.96. The summed E-state index contributed by atoms with van der Waals surface area (Å²) in [6, 6.07) is 4.82. The Morgan fingerprint density at radius 2 is 2.18 bits per heavy atom. The van der Waals surface area contributed by atoms with Gasteiger partial charge in [-0.1, -0.05) is 28.4 Å². The quantitative estimate of drug-likeness (QED) is 0.787. The molecule has 5 nitrogen and oxygen atoms in total. The highest BCUT2D eigenvalue weighted by atomic mass is 35.5. The number of aromatic nitrogens is 2. The fraction of sp³-hybridized carbons (Fsp3) is 0.100. The topological polar surface area (TPSA) is 65.2 Å². The summed E-state index contributed by atoms with van der Waals surface area (Å²) in [5, 5.41) is 4.52. The lowest BCUT2D eigenvalue weighted by atomic mass is 10.2. The molecule has 1 aromatic carbocycles. The van der Waals surface area contributed by atoms with Gasteiger partial charge in [0, 0.05) is 10.6 Å². The van der Waals surface area contributed by atoms with Crippen molar-refractivity contribution in [2.24, 2.45) is 0 Å². The Morgan fingerprint density at radius 1 is 1.41 bits per heavy atom. The summed E-state index contributed by atoms with van der Waals surface area (Å²) in [5.74, 6) is -0.765. The maximum Gasteiger partial charge on any atom is 0.397 e. The summed E-state index contributed by atoms with van der Waals surface area (Å²) < 4.78 is 9.17. The Morgan fingerprint density at radius 3 is 2.88 bits per heavy atom. The molecule has 0 radical (unpaired) electrons. The Kier molecular flexibility index (Phi) is 3.31. The second kappa shape index (κ2) is 4.73. The number of nitrogens with zero attached hydrogens (tertiary/aromatic N) is 2. The van der Waals surface area contributed by atoms with Crippen LogP contribution in [0.2, 0.25) is 10.0 Å². The fourth-order valence-electron chi connectivity index (χ4n) is 1.17. The monoisotopic (exact) mass is 272 g/mol. The van der Waals surface area contributed by atoms with Crippen molar-refractivity contribution in [1.29, 1.82) is 0 Å². The summed E-state index contributed by atoms with van der Waals surface area (Å²) in [4.78, 5) is 15.0. The van der Waals surface area contributed by atoms with Crippen molar-refractivity contribution >= 4 is 29.2 Å². The van der Waals surface area contributed by atoms with Gasteiger partial charge in [-0.05, 0) is 18.2 Å². The van der Waals surface area contributed by atoms with Gasteiger partial charge in [-0.25, -0.2) is 4.79 Å². The average Bonchev–Trinajstić information content (AvgIpc) is 2.80. The average molecular weight is 273 g/mol. The Labute approximate surface area is 106 Å². The predicted molar refractivity (Wildman–Crippen MR) is 61.1 cm³/mol. The number of halogens is 2. The molecule has 17 heavy (non-hydrogen) atoms. The second-order valence-corrected chi connectivity index (χ2v) is 3.88. The zero-order valence-electron chi connectivity index (χ0n) is 8.61. The first kappa shape index (κ1) is 11.9. The Bertz CT molecular complexity index is 568. The number of carbonyl (C=O) groups is 1. The lowest BCUT2D eigenvalue weighted by Crippen LogP contribution is -2.00. The molecule has 1 heterocycles. The summed E-state index contributed by atoms with van der Waals surface area (Å²) in [7, 11) is 1.22. The van der Waals surface area contributed by atoms with Crippen LogP contribution in [0, 0.1) is 0 Å². The van der Waals surface area contributed by atoms with Gasteiger partial charge >= 0.3 is 11.9 Å². The van der Waals surface area contributed by atoms with E-state index in [1.807, 2.05) is 0 Å². The zero-order valence-corrected chi connectivity index (χ0v) is 10.1. The maximum atomic E-state index is 11.1. The van der Waals surface area contributed by atoms with E-state index < -0.39 is 5.97 Å². The van der Waals surface area contributed by atoms with Crippen molar-refractivity contribution in [2.75, 3.05) is 7.11 Å². The molecular formula is C10H6Cl2N2O3. The van der Waals surface area contributed by atoms with E-state index in [0.29, 0.717) is 15.6 Å². The molecule has 2 aromatic rings. The largest absolute Gasteiger partial charge is 0.462 e. The molecule has 7 heteroatoms. The number of hydrogen-bond donors (Lipinski definition) is 0. The van der Waals surface area contributed by atoms with Crippen LogP contribution in [0.4, 0.5) is 0 Å². The molecular weight excluding hydrogens is 267 g/mol. The van der Waals surface area contributed by atoms with Crippen LogP contribution in [0.5, 0.6) is 0 Å². The van der Waals surface area contributed by atoms with Crippen molar-refractivity contribution in [1.82, 2.24) is 10.1 Å². The van der Waals surface area contributed by atoms with Gasteiger partial charge in [-0.2, -0.15) is 4.98 Å². The van der Waals surface area contributed by atoms with Gasteiger partial charge in [-0.3, -0.25) is 0 Å². The molecule has 0 unspecified atom stereocenters.